The van der Waals surface area contributed by atoms with Gasteiger partial charge in [0.25, 0.3) is 0 Å². The molecule has 5 rings (SSSR count). The average molecular weight is 501 g/mol. The highest BCUT2D eigenvalue weighted by Crippen LogP contribution is 2.37. The van der Waals surface area contributed by atoms with E-state index in [0.717, 1.165) is 48.5 Å². The summed E-state index contributed by atoms with van der Waals surface area (Å²) in [6.07, 6.45) is 1.80. The van der Waals surface area contributed by atoms with Gasteiger partial charge in [0, 0.05) is 25.0 Å². The van der Waals surface area contributed by atoms with Gasteiger partial charge in [-0.05, 0) is 65.2 Å². The normalized spacial score (nSPS) is 13.9. The lowest BCUT2D eigenvalue weighted by Crippen LogP contribution is -2.36. The summed E-state index contributed by atoms with van der Waals surface area (Å²) in [4.78, 5) is 6.96. The molecule has 0 atom stereocenters. The second-order valence-electron chi connectivity index (χ2n) is 8.56. The minimum Gasteiger partial charge on any atom is -0.490 e. The fraction of sp³-hybridized carbons (Fsp3) is 0.233. The average Bonchev–Trinajstić information content (AvgIpc) is 2.92. The van der Waals surface area contributed by atoms with Crippen LogP contribution in [0.25, 0.3) is 10.8 Å². The molecule has 0 aromatic heterocycles. The molecular formula is C30H29ClN2O3. The maximum atomic E-state index is 6.66. The van der Waals surface area contributed by atoms with E-state index in [1.54, 1.807) is 6.21 Å². The van der Waals surface area contributed by atoms with Gasteiger partial charge in [0.1, 0.15) is 6.61 Å². The first-order chi connectivity index (χ1) is 17.7. The van der Waals surface area contributed by atoms with Crippen LogP contribution in [0.4, 0.5) is 11.4 Å². The van der Waals surface area contributed by atoms with E-state index in [1.807, 2.05) is 49.4 Å². The fourth-order valence-corrected chi connectivity index (χ4v) is 4.63. The number of fused-ring (bicyclic) bond motifs is 1. The zero-order chi connectivity index (χ0) is 24.7. The number of benzene rings is 4. The summed E-state index contributed by atoms with van der Waals surface area (Å²) in [7, 11) is 0. The maximum absolute atomic E-state index is 6.66. The Balaban J connectivity index is 1.32. The number of anilines is 1. The number of hydrogen-bond donors (Lipinski definition) is 0. The topological polar surface area (TPSA) is 43.3 Å². The van der Waals surface area contributed by atoms with Crippen molar-refractivity contribution in [3.8, 4) is 11.5 Å². The van der Waals surface area contributed by atoms with Gasteiger partial charge in [-0.2, -0.15) is 0 Å². The van der Waals surface area contributed by atoms with Crippen LogP contribution in [0.2, 0.25) is 5.02 Å². The largest absolute Gasteiger partial charge is 0.490 e. The third kappa shape index (κ3) is 5.64. The quantitative estimate of drug-likeness (QED) is 0.243. The van der Waals surface area contributed by atoms with Gasteiger partial charge in [0.15, 0.2) is 11.5 Å². The second-order valence-corrected chi connectivity index (χ2v) is 8.97. The highest BCUT2D eigenvalue weighted by molar-refractivity contribution is 6.32. The molecule has 6 heteroatoms. The Morgan fingerprint density at radius 2 is 1.72 bits per heavy atom. The van der Waals surface area contributed by atoms with Gasteiger partial charge in [0.05, 0.1) is 30.5 Å². The SMILES string of the molecule is CCOc1cc(C=Nc2ccc(N3CCOCC3)cc2)cc(Cl)c1OCc1cccc2ccccc12. The molecule has 0 saturated carbocycles. The van der Waals surface area contributed by atoms with Gasteiger partial charge in [-0.1, -0.05) is 54.1 Å². The first-order valence-electron chi connectivity index (χ1n) is 12.2. The standard InChI is InChI=1S/C30H29ClN2O3/c1-2-35-29-19-22(20-32-25-10-12-26(13-11-25)33-14-16-34-17-15-33)18-28(31)30(29)36-21-24-8-5-7-23-6-3-4-9-27(23)24/h3-13,18-20H,2,14-17,21H2,1H3. The molecule has 184 valence electrons. The van der Waals surface area contributed by atoms with Crippen molar-refractivity contribution in [3.05, 3.63) is 95.0 Å². The molecule has 4 aromatic carbocycles. The first kappa shape index (κ1) is 24.2. The lowest BCUT2D eigenvalue weighted by Gasteiger charge is -2.28. The Hall–Kier alpha value is -3.54. The van der Waals surface area contributed by atoms with E-state index in [1.165, 1.54) is 11.1 Å². The summed E-state index contributed by atoms with van der Waals surface area (Å²) >= 11 is 6.66. The van der Waals surface area contributed by atoms with Crippen LogP contribution in [0.5, 0.6) is 11.5 Å². The van der Waals surface area contributed by atoms with Crippen molar-refractivity contribution in [1.82, 2.24) is 0 Å². The van der Waals surface area contributed by atoms with Crippen LogP contribution < -0.4 is 14.4 Å². The molecular weight excluding hydrogens is 472 g/mol. The van der Waals surface area contributed by atoms with E-state index < -0.39 is 0 Å². The molecule has 1 heterocycles. The van der Waals surface area contributed by atoms with E-state index in [0.29, 0.717) is 29.7 Å². The second kappa shape index (κ2) is 11.5. The van der Waals surface area contributed by atoms with E-state index in [2.05, 4.69) is 46.3 Å². The van der Waals surface area contributed by atoms with Gasteiger partial charge in [-0.3, -0.25) is 4.99 Å². The molecule has 1 aliphatic heterocycles. The summed E-state index contributed by atoms with van der Waals surface area (Å²) in [5, 5.41) is 2.84. The van der Waals surface area contributed by atoms with Crippen molar-refractivity contribution in [2.75, 3.05) is 37.8 Å². The predicted octanol–water partition coefficient (Wildman–Crippen LogP) is 7.06. The summed E-state index contributed by atoms with van der Waals surface area (Å²) in [6, 6.07) is 26.5. The lowest BCUT2D eigenvalue weighted by atomic mass is 10.1. The molecule has 0 N–H and O–H groups in total. The van der Waals surface area contributed by atoms with E-state index >= 15 is 0 Å². The Kier molecular flexibility index (Phi) is 7.70. The molecule has 1 aliphatic rings. The summed E-state index contributed by atoms with van der Waals surface area (Å²) in [5.41, 5.74) is 4.00. The van der Waals surface area contributed by atoms with Crippen molar-refractivity contribution >= 4 is 40.0 Å². The number of nitrogens with zero attached hydrogens (tertiary/aromatic N) is 2. The van der Waals surface area contributed by atoms with E-state index in [4.69, 9.17) is 25.8 Å². The molecule has 4 aromatic rings. The zero-order valence-corrected chi connectivity index (χ0v) is 21.1. The number of ether oxygens (including phenoxy) is 3. The van der Waals surface area contributed by atoms with Crippen LogP contribution in [0.3, 0.4) is 0 Å². The van der Waals surface area contributed by atoms with Crippen molar-refractivity contribution < 1.29 is 14.2 Å². The van der Waals surface area contributed by atoms with Crippen LogP contribution in [0, 0.1) is 0 Å². The molecule has 0 spiro atoms. The maximum Gasteiger partial charge on any atom is 0.180 e. The molecule has 0 unspecified atom stereocenters. The third-order valence-corrected chi connectivity index (χ3v) is 6.45. The fourth-order valence-electron chi connectivity index (χ4n) is 4.35. The summed E-state index contributed by atoms with van der Waals surface area (Å²) in [5.74, 6) is 1.15. The third-order valence-electron chi connectivity index (χ3n) is 6.17. The van der Waals surface area contributed by atoms with E-state index in [-0.39, 0.29) is 0 Å². The number of aliphatic imine (C=N–C) groups is 1. The Morgan fingerprint density at radius 3 is 2.53 bits per heavy atom. The number of halogens is 1. The van der Waals surface area contributed by atoms with Crippen molar-refractivity contribution in [1.29, 1.82) is 0 Å². The minimum absolute atomic E-state index is 0.393. The van der Waals surface area contributed by atoms with Gasteiger partial charge in [-0.15, -0.1) is 0 Å². The van der Waals surface area contributed by atoms with Gasteiger partial charge >= 0.3 is 0 Å². The Labute approximate surface area is 216 Å². The first-order valence-corrected chi connectivity index (χ1v) is 12.6. The smallest absolute Gasteiger partial charge is 0.180 e. The van der Waals surface area contributed by atoms with Gasteiger partial charge < -0.3 is 19.1 Å². The van der Waals surface area contributed by atoms with E-state index in [9.17, 15) is 0 Å². The lowest BCUT2D eigenvalue weighted by molar-refractivity contribution is 0.122. The molecule has 36 heavy (non-hydrogen) atoms. The van der Waals surface area contributed by atoms with Crippen molar-refractivity contribution in [2.24, 2.45) is 4.99 Å². The summed E-state index contributed by atoms with van der Waals surface area (Å²) in [6.45, 7) is 6.20. The Bertz CT molecular complexity index is 1340. The van der Waals surface area contributed by atoms with Crippen molar-refractivity contribution in [2.45, 2.75) is 13.5 Å². The van der Waals surface area contributed by atoms with Gasteiger partial charge in [-0.25, -0.2) is 0 Å². The minimum atomic E-state index is 0.393. The van der Waals surface area contributed by atoms with Crippen LogP contribution in [0.1, 0.15) is 18.1 Å². The number of hydrogen-bond acceptors (Lipinski definition) is 5. The van der Waals surface area contributed by atoms with Crippen molar-refractivity contribution in [3.63, 3.8) is 0 Å². The van der Waals surface area contributed by atoms with Gasteiger partial charge in [0.2, 0.25) is 0 Å². The Morgan fingerprint density at radius 1 is 0.944 bits per heavy atom. The van der Waals surface area contributed by atoms with Crippen LogP contribution >= 0.6 is 11.6 Å². The highest BCUT2D eigenvalue weighted by atomic mass is 35.5. The zero-order valence-electron chi connectivity index (χ0n) is 20.3. The number of rotatable bonds is 8. The molecule has 0 aliphatic carbocycles. The highest BCUT2D eigenvalue weighted by Gasteiger charge is 2.14. The number of morpholine rings is 1. The molecule has 0 radical (unpaired) electrons. The van der Waals surface area contributed by atoms with Crippen LogP contribution in [-0.2, 0) is 11.3 Å². The molecule has 5 nitrogen and oxygen atoms in total. The van der Waals surface area contributed by atoms with Crippen LogP contribution in [0.15, 0.2) is 83.9 Å². The molecule has 1 saturated heterocycles. The predicted molar refractivity (Wildman–Crippen MR) is 148 cm³/mol. The molecule has 0 bridgehead atoms. The molecule has 0 amide bonds. The van der Waals surface area contributed by atoms with Crippen LogP contribution in [-0.4, -0.2) is 39.1 Å². The monoisotopic (exact) mass is 500 g/mol. The summed E-state index contributed by atoms with van der Waals surface area (Å²) < 4.78 is 17.5. The molecule has 1 fully saturated rings.